The highest BCUT2D eigenvalue weighted by Gasteiger charge is 2.36. The Morgan fingerprint density at radius 2 is 1.72 bits per heavy atom. The normalized spacial score (nSPS) is 20.4. The quantitative estimate of drug-likeness (QED) is 0.771. The van der Waals surface area contributed by atoms with Crippen LogP contribution in [-0.4, -0.2) is 35.8 Å². The van der Waals surface area contributed by atoms with E-state index in [-0.39, 0.29) is 30.3 Å². The van der Waals surface area contributed by atoms with Crippen molar-refractivity contribution in [2.45, 2.75) is 44.2 Å². The molecule has 1 heterocycles. The molecule has 0 spiro atoms. The van der Waals surface area contributed by atoms with Crippen molar-refractivity contribution in [2.24, 2.45) is 11.7 Å². The van der Waals surface area contributed by atoms with Gasteiger partial charge in [0.25, 0.3) is 0 Å². The second-order valence-electron chi connectivity index (χ2n) is 7.06. The Morgan fingerprint density at radius 1 is 1.16 bits per heavy atom. The summed E-state index contributed by atoms with van der Waals surface area (Å²) in [4.78, 5) is 26.6. The van der Waals surface area contributed by atoms with Gasteiger partial charge < -0.3 is 16.0 Å². The Hall–Kier alpha value is -1.11. The van der Waals surface area contributed by atoms with E-state index in [1.807, 2.05) is 29.2 Å². The fraction of sp³-hybridized carbons (Fsp3) is 0.556. The average Bonchev–Trinajstić information content (AvgIpc) is 3.40. The fourth-order valence-corrected chi connectivity index (χ4v) is 3.36. The molecule has 2 amide bonds. The molecule has 2 fully saturated rings. The van der Waals surface area contributed by atoms with E-state index >= 15 is 0 Å². The molecule has 0 radical (unpaired) electrons. The lowest BCUT2D eigenvalue weighted by molar-refractivity contribution is -0.133. The van der Waals surface area contributed by atoms with E-state index in [2.05, 4.69) is 21.2 Å². The zero-order valence-electron chi connectivity index (χ0n) is 14.3. The molecule has 1 aromatic rings. The summed E-state index contributed by atoms with van der Waals surface area (Å²) >= 11 is 3.39. The van der Waals surface area contributed by atoms with E-state index in [0.717, 1.165) is 48.8 Å². The number of carbonyl (C=O) groups excluding carboxylic acids is 2. The van der Waals surface area contributed by atoms with Crippen LogP contribution in [0, 0.1) is 5.92 Å². The number of likely N-dealkylation sites (tertiary alicyclic amines) is 1. The molecule has 0 aromatic heterocycles. The summed E-state index contributed by atoms with van der Waals surface area (Å²) < 4.78 is 0.954. The Bertz CT molecular complexity index is 624. The van der Waals surface area contributed by atoms with Crippen LogP contribution in [0.3, 0.4) is 0 Å². The van der Waals surface area contributed by atoms with Crippen molar-refractivity contribution in [1.29, 1.82) is 0 Å². The summed E-state index contributed by atoms with van der Waals surface area (Å²) in [5.41, 5.74) is 5.99. The molecule has 1 aromatic carbocycles. The highest BCUT2D eigenvalue weighted by Crippen LogP contribution is 2.32. The molecule has 1 aliphatic heterocycles. The number of carbonyl (C=O) groups is 2. The Labute approximate surface area is 163 Å². The van der Waals surface area contributed by atoms with Crippen molar-refractivity contribution in [3.8, 4) is 0 Å². The van der Waals surface area contributed by atoms with Gasteiger partial charge in [-0.3, -0.25) is 9.59 Å². The van der Waals surface area contributed by atoms with Gasteiger partial charge in [-0.2, -0.15) is 0 Å². The van der Waals surface area contributed by atoms with E-state index in [1.54, 1.807) is 6.92 Å². The first-order valence-electron chi connectivity index (χ1n) is 8.52. The predicted molar refractivity (Wildman–Crippen MR) is 103 cm³/mol. The molecule has 2 aliphatic rings. The lowest BCUT2D eigenvalue weighted by Crippen LogP contribution is -2.54. The smallest absolute Gasteiger partial charge is 0.244 e. The van der Waals surface area contributed by atoms with Crippen LogP contribution in [0.2, 0.25) is 0 Å². The fourth-order valence-electron chi connectivity index (χ4n) is 3.10. The van der Waals surface area contributed by atoms with E-state index in [1.165, 1.54) is 0 Å². The van der Waals surface area contributed by atoms with Gasteiger partial charge in [0.2, 0.25) is 11.8 Å². The summed E-state index contributed by atoms with van der Waals surface area (Å²) in [5.74, 6) is 0.385. The van der Waals surface area contributed by atoms with E-state index in [4.69, 9.17) is 5.73 Å². The van der Waals surface area contributed by atoms with Gasteiger partial charge in [-0.05, 0) is 50.3 Å². The van der Waals surface area contributed by atoms with Gasteiger partial charge in [0, 0.05) is 29.5 Å². The molecule has 3 N–H and O–H groups in total. The number of nitrogens with two attached hydrogens (primary N) is 1. The van der Waals surface area contributed by atoms with Crippen molar-refractivity contribution in [3.05, 3.63) is 34.3 Å². The van der Waals surface area contributed by atoms with E-state index < -0.39 is 5.54 Å². The van der Waals surface area contributed by atoms with Crippen LogP contribution in [0.4, 0.5) is 0 Å². The first-order valence-corrected chi connectivity index (χ1v) is 9.32. The number of amides is 2. The van der Waals surface area contributed by atoms with Crippen molar-refractivity contribution in [3.63, 3.8) is 0 Å². The number of hydrogen-bond donors (Lipinski definition) is 2. The summed E-state index contributed by atoms with van der Waals surface area (Å²) in [7, 11) is 0. The van der Waals surface area contributed by atoms with Crippen LogP contribution in [0.25, 0.3) is 0 Å². The monoisotopic (exact) mass is 429 g/mol. The van der Waals surface area contributed by atoms with Gasteiger partial charge >= 0.3 is 0 Å². The molecule has 138 valence electrons. The maximum Gasteiger partial charge on any atom is 0.244 e. The average molecular weight is 431 g/mol. The van der Waals surface area contributed by atoms with Crippen LogP contribution in [-0.2, 0) is 15.1 Å². The number of nitrogens with zero attached hydrogens (tertiary/aromatic N) is 1. The summed E-state index contributed by atoms with van der Waals surface area (Å²) in [5, 5.41) is 3.06. The maximum atomic E-state index is 12.6. The van der Waals surface area contributed by atoms with Gasteiger partial charge in [0.05, 0.1) is 0 Å². The third-order valence-electron chi connectivity index (χ3n) is 4.98. The molecule has 5 nitrogen and oxygen atoms in total. The van der Waals surface area contributed by atoms with Gasteiger partial charge in [-0.25, -0.2) is 0 Å². The van der Waals surface area contributed by atoms with Crippen LogP contribution in [0.5, 0.6) is 0 Å². The van der Waals surface area contributed by atoms with Crippen molar-refractivity contribution in [1.82, 2.24) is 10.2 Å². The number of hydrogen-bond acceptors (Lipinski definition) is 3. The molecule has 1 atom stereocenters. The second-order valence-corrected chi connectivity index (χ2v) is 7.97. The molecule has 3 rings (SSSR count). The summed E-state index contributed by atoms with van der Waals surface area (Å²) in [6.07, 6.45) is 3.66. The molecular weight excluding hydrogens is 406 g/mol. The molecule has 1 saturated heterocycles. The minimum atomic E-state index is -1.07. The number of halogens is 2. The zero-order chi connectivity index (χ0) is 17.3. The number of nitrogens with one attached hydrogen (secondary N) is 1. The van der Waals surface area contributed by atoms with E-state index in [0.29, 0.717) is 5.91 Å². The largest absolute Gasteiger partial charge is 0.351 e. The minimum Gasteiger partial charge on any atom is -0.351 e. The Balaban J connectivity index is 0.00000225. The SMILES string of the molecule is CC(N)(C(=O)NC1CCN(C(=O)C2CC2)CC1)c1ccc(Br)cc1.Cl. The third kappa shape index (κ3) is 4.74. The van der Waals surface area contributed by atoms with Gasteiger partial charge in [-0.15, -0.1) is 12.4 Å². The lowest BCUT2D eigenvalue weighted by Gasteiger charge is -2.34. The van der Waals surface area contributed by atoms with Crippen molar-refractivity contribution < 1.29 is 9.59 Å². The molecule has 1 aliphatic carbocycles. The molecule has 7 heteroatoms. The van der Waals surface area contributed by atoms with Gasteiger partial charge in [0.15, 0.2) is 0 Å². The maximum absolute atomic E-state index is 12.6. The molecular formula is C18H25BrClN3O2. The standard InChI is InChI=1S/C18H24BrN3O2.ClH/c1-18(20,13-4-6-14(19)7-5-13)17(24)21-15-8-10-22(11-9-15)16(23)12-2-3-12;/h4-7,12,15H,2-3,8-11,20H2,1H3,(H,21,24);1H. The van der Waals surface area contributed by atoms with Crippen LogP contribution in [0.1, 0.15) is 38.2 Å². The first-order chi connectivity index (χ1) is 11.4. The number of rotatable bonds is 4. The zero-order valence-corrected chi connectivity index (χ0v) is 16.7. The molecule has 1 unspecified atom stereocenters. The van der Waals surface area contributed by atoms with Gasteiger partial charge in [-0.1, -0.05) is 28.1 Å². The minimum absolute atomic E-state index is 0. The van der Waals surface area contributed by atoms with E-state index in [9.17, 15) is 9.59 Å². The molecule has 1 saturated carbocycles. The lowest BCUT2D eigenvalue weighted by atomic mass is 9.91. The highest BCUT2D eigenvalue weighted by molar-refractivity contribution is 9.10. The number of benzene rings is 1. The Morgan fingerprint density at radius 3 is 2.24 bits per heavy atom. The third-order valence-corrected chi connectivity index (χ3v) is 5.51. The van der Waals surface area contributed by atoms with Crippen molar-refractivity contribution in [2.75, 3.05) is 13.1 Å². The summed E-state index contributed by atoms with van der Waals surface area (Å²) in [6.45, 7) is 3.18. The highest BCUT2D eigenvalue weighted by atomic mass is 79.9. The van der Waals surface area contributed by atoms with Crippen LogP contribution >= 0.6 is 28.3 Å². The van der Waals surface area contributed by atoms with Gasteiger partial charge in [0.1, 0.15) is 5.54 Å². The topological polar surface area (TPSA) is 75.4 Å². The van der Waals surface area contributed by atoms with Crippen molar-refractivity contribution >= 4 is 40.2 Å². The summed E-state index contributed by atoms with van der Waals surface area (Å²) in [6, 6.07) is 7.58. The van der Waals surface area contributed by atoms with Crippen LogP contribution in [0.15, 0.2) is 28.7 Å². The first kappa shape index (κ1) is 20.2. The molecule has 25 heavy (non-hydrogen) atoms. The second kappa shape index (κ2) is 8.06. The Kier molecular flexibility index (Phi) is 6.51. The van der Waals surface area contributed by atoms with Crippen LogP contribution < -0.4 is 11.1 Å². The predicted octanol–water partition coefficient (Wildman–Crippen LogP) is 2.56. The number of piperidine rings is 1. The molecule has 0 bridgehead atoms.